The van der Waals surface area contributed by atoms with Gasteiger partial charge in [0.25, 0.3) is 0 Å². The van der Waals surface area contributed by atoms with Crippen LogP contribution in [0, 0.1) is 16.7 Å². The molecule has 0 saturated heterocycles. The van der Waals surface area contributed by atoms with Gasteiger partial charge in [0, 0.05) is 0 Å². The predicted molar refractivity (Wildman–Crippen MR) is 51.6 cm³/mol. The van der Waals surface area contributed by atoms with Crippen molar-refractivity contribution in [1.82, 2.24) is 0 Å². The van der Waals surface area contributed by atoms with Gasteiger partial charge in [0.2, 0.25) is 0 Å². The number of aliphatic hydroxyl groups excluding tert-OH is 1. The highest BCUT2D eigenvalue weighted by Gasteiger charge is 2.68. The van der Waals surface area contributed by atoms with Gasteiger partial charge in [0.05, 0.1) is 18.6 Å². The van der Waals surface area contributed by atoms with Crippen molar-refractivity contribution in [2.24, 2.45) is 16.7 Å². The SMILES string of the molecule is COC(=O)[C@]12CC[C@H](C[C@H]1O)C2(C)C. The Balaban J connectivity index is 2.44. The standard InChI is InChI=1S/C11H18O3/c1-10(2)7-4-5-11(10,8(12)6-7)9(13)14-3/h7-8,12H,4-6H2,1-3H3/t7-,8-,11+/m1/s1. The summed E-state index contributed by atoms with van der Waals surface area (Å²) in [4.78, 5) is 11.8. The fourth-order valence-corrected chi connectivity index (χ4v) is 3.61. The van der Waals surface area contributed by atoms with E-state index in [-0.39, 0.29) is 11.4 Å². The van der Waals surface area contributed by atoms with Crippen molar-refractivity contribution in [3.63, 3.8) is 0 Å². The quantitative estimate of drug-likeness (QED) is 0.647. The molecule has 0 unspecified atom stereocenters. The molecule has 2 aliphatic rings. The van der Waals surface area contributed by atoms with Crippen LogP contribution in [0.25, 0.3) is 0 Å². The van der Waals surface area contributed by atoms with Crippen molar-refractivity contribution in [3.8, 4) is 0 Å². The number of carbonyl (C=O) groups excluding carboxylic acids is 1. The van der Waals surface area contributed by atoms with Gasteiger partial charge in [-0.25, -0.2) is 0 Å². The lowest BCUT2D eigenvalue weighted by molar-refractivity contribution is -0.165. The number of hydrogen-bond donors (Lipinski definition) is 1. The van der Waals surface area contributed by atoms with Gasteiger partial charge < -0.3 is 9.84 Å². The Labute approximate surface area is 84.4 Å². The van der Waals surface area contributed by atoms with Crippen molar-refractivity contribution >= 4 is 5.97 Å². The van der Waals surface area contributed by atoms with Crippen LogP contribution in [0.1, 0.15) is 33.1 Å². The number of aliphatic hydroxyl groups is 1. The molecule has 2 aliphatic carbocycles. The third-order valence-electron chi connectivity index (χ3n) is 4.68. The summed E-state index contributed by atoms with van der Waals surface area (Å²) in [5.74, 6) is 0.242. The Kier molecular flexibility index (Phi) is 1.94. The molecule has 0 spiro atoms. The van der Waals surface area contributed by atoms with Crippen molar-refractivity contribution in [2.45, 2.75) is 39.2 Å². The molecule has 0 aromatic rings. The Hall–Kier alpha value is -0.570. The molecule has 80 valence electrons. The first-order valence-electron chi connectivity index (χ1n) is 5.23. The van der Waals surface area contributed by atoms with Gasteiger partial charge in [0.1, 0.15) is 0 Å². The van der Waals surface area contributed by atoms with Gasteiger partial charge in [-0.2, -0.15) is 0 Å². The van der Waals surface area contributed by atoms with Crippen LogP contribution in [-0.2, 0) is 9.53 Å². The van der Waals surface area contributed by atoms with E-state index < -0.39 is 11.5 Å². The molecule has 0 aromatic carbocycles. The van der Waals surface area contributed by atoms with E-state index in [1.165, 1.54) is 7.11 Å². The van der Waals surface area contributed by atoms with Crippen molar-refractivity contribution in [1.29, 1.82) is 0 Å². The van der Waals surface area contributed by atoms with E-state index >= 15 is 0 Å². The molecular formula is C11H18O3. The van der Waals surface area contributed by atoms with Crippen LogP contribution < -0.4 is 0 Å². The van der Waals surface area contributed by atoms with Crippen LogP contribution >= 0.6 is 0 Å². The highest BCUT2D eigenvalue weighted by atomic mass is 16.5. The lowest BCUT2D eigenvalue weighted by Crippen LogP contribution is -2.46. The maximum absolute atomic E-state index is 11.8. The number of fused-ring (bicyclic) bond motifs is 2. The van der Waals surface area contributed by atoms with E-state index in [9.17, 15) is 9.90 Å². The van der Waals surface area contributed by atoms with E-state index in [1.54, 1.807) is 0 Å². The maximum Gasteiger partial charge on any atom is 0.314 e. The van der Waals surface area contributed by atoms with Crippen LogP contribution in [-0.4, -0.2) is 24.3 Å². The minimum atomic E-state index is -0.633. The Morgan fingerprint density at radius 1 is 1.50 bits per heavy atom. The zero-order valence-electron chi connectivity index (χ0n) is 9.04. The summed E-state index contributed by atoms with van der Waals surface area (Å²) >= 11 is 0. The summed E-state index contributed by atoms with van der Waals surface area (Å²) < 4.78 is 4.86. The molecule has 0 aromatic heterocycles. The van der Waals surface area contributed by atoms with E-state index in [1.807, 2.05) is 0 Å². The number of carbonyl (C=O) groups is 1. The van der Waals surface area contributed by atoms with Gasteiger partial charge in [-0.05, 0) is 30.6 Å². The molecule has 3 heteroatoms. The number of rotatable bonds is 1. The molecular weight excluding hydrogens is 180 g/mol. The zero-order chi connectivity index (χ0) is 10.6. The van der Waals surface area contributed by atoms with Crippen molar-refractivity contribution < 1.29 is 14.6 Å². The van der Waals surface area contributed by atoms with Crippen LogP contribution in [0.4, 0.5) is 0 Å². The first-order valence-corrected chi connectivity index (χ1v) is 5.23. The smallest absolute Gasteiger partial charge is 0.314 e. The number of ether oxygens (including phenoxy) is 1. The van der Waals surface area contributed by atoms with Crippen molar-refractivity contribution in [2.75, 3.05) is 7.11 Å². The van der Waals surface area contributed by atoms with E-state index in [2.05, 4.69) is 13.8 Å². The molecule has 0 heterocycles. The molecule has 2 saturated carbocycles. The van der Waals surface area contributed by atoms with Crippen LogP contribution in [0.5, 0.6) is 0 Å². The summed E-state index contributed by atoms with van der Waals surface area (Å²) in [6.45, 7) is 4.16. The Morgan fingerprint density at radius 3 is 2.50 bits per heavy atom. The molecule has 3 atom stereocenters. The average molecular weight is 198 g/mol. The second-order valence-corrected chi connectivity index (χ2v) is 5.17. The van der Waals surface area contributed by atoms with Gasteiger partial charge in [-0.1, -0.05) is 13.8 Å². The third kappa shape index (κ3) is 0.842. The topological polar surface area (TPSA) is 46.5 Å². The second kappa shape index (κ2) is 2.72. The molecule has 2 rings (SSSR count). The first kappa shape index (κ1) is 9.97. The Morgan fingerprint density at radius 2 is 2.14 bits per heavy atom. The minimum absolute atomic E-state index is 0.112. The van der Waals surface area contributed by atoms with Gasteiger partial charge in [-0.3, -0.25) is 4.79 Å². The average Bonchev–Trinajstić information content (AvgIpc) is 2.49. The molecule has 0 aliphatic heterocycles. The molecule has 0 amide bonds. The predicted octanol–water partition coefficient (Wildman–Crippen LogP) is 1.35. The number of hydrogen-bond acceptors (Lipinski definition) is 3. The highest BCUT2D eigenvalue weighted by Crippen LogP contribution is 2.66. The monoisotopic (exact) mass is 198 g/mol. The number of esters is 1. The molecule has 3 nitrogen and oxygen atoms in total. The van der Waals surface area contributed by atoms with Crippen LogP contribution in [0.2, 0.25) is 0 Å². The fourth-order valence-electron chi connectivity index (χ4n) is 3.61. The molecule has 2 bridgehead atoms. The highest BCUT2D eigenvalue weighted by molar-refractivity contribution is 5.80. The molecule has 0 radical (unpaired) electrons. The Bertz CT molecular complexity index is 272. The summed E-state index contributed by atoms with van der Waals surface area (Å²) in [6, 6.07) is 0. The minimum Gasteiger partial charge on any atom is -0.469 e. The second-order valence-electron chi connectivity index (χ2n) is 5.17. The molecule has 14 heavy (non-hydrogen) atoms. The summed E-state index contributed by atoms with van der Waals surface area (Å²) in [5, 5.41) is 10.0. The lowest BCUT2D eigenvalue weighted by Gasteiger charge is -2.37. The normalized spacial score (nSPS) is 44.0. The van der Waals surface area contributed by atoms with E-state index in [4.69, 9.17) is 4.74 Å². The maximum atomic E-state index is 11.8. The summed E-state index contributed by atoms with van der Waals surface area (Å²) in [7, 11) is 1.41. The first-order chi connectivity index (χ1) is 6.46. The third-order valence-corrected chi connectivity index (χ3v) is 4.68. The summed E-state index contributed by atoms with van der Waals surface area (Å²) in [5.41, 5.74) is -0.744. The van der Waals surface area contributed by atoms with Gasteiger partial charge in [0.15, 0.2) is 0 Å². The molecule has 2 fully saturated rings. The van der Waals surface area contributed by atoms with E-state index in [0.717, 1.165) is 19.3 Å². The van der Waals surface area contributed by atoms with Gasteiger partial charge >= 0.3 is 5.97 Å². The summed E-state index contributed by atoms with van der Waals surface area (Å²) in [6.07, 6.45) is 2.06. The fraction of sp³-hybridized carbons (Fsp3) is 0.909. The van der Waals surface area contributed by atoms with E-state index in [0.29, 0.717) is 5.92 Å². The zero-order valence-corrected chi connectivity index (χ0v) is 9.04. The van der Waals surface area contributed by atoms with Crippen molar-refractivity contribution in [3.05, 3.63) is 0 Å². The van der Waals surface area contributed by atoms with Gasteiger partial charge in [-0.15, -0.1) is 0 Å². The largest absolute Gasteiger partial charge is 0.469 e. The number of methoxy groups -OCH3 is 1. The lowest BCUT2D eigenvalue weighted by atomic mass is 9.68. The van der Waals surface area contributed by atoms with Crippen LogP contribution in [0.3, 0.4) is 0 Å². The molecule has 1 N–H and O–H groups in total. The van der Waals surface area contributed by atoms with Crippen LogP contribution in [0.15, 0.2) is 0 Å².